The number of ether oxygens (including phenoxy) is 3. The van der Waals surface area contributed by atoms with E-state index in [-0.39, 0.29) is 39.9 Å². The van der Waals surface area contributed by atoms with Gasteiger partial charge in [-0.05, 0) is 24.3 Å². The molecule has 38 heavy (non-hydrogen) atoms. The van der Waals surface area contributed by atoms with Crippen LogP contribution in [-0.4, -0.2) is 70.6 Å². The number of nitrogens with one attached hydrogen (secondary N) is 1. The Labute approximate surface area is 217 Å². The maximum Gasteiger partial charge on any atom is 0.347 e. The molecule has 0 aromatic carbocycles. The van der Waals surface area contributed by atoms with Crippen LogP contribution in [0.2, 0.25) is 0 Å². The minimum atomic E-state index is -0.814. The van der Waals surface area contributed by atoms with Crippen molar-refractivity contribution in [2.24, 2.45) is 0 Å². The van der Waals surface area contributed by atoms with Gasteiger partial charge in [0.2, 0.25) is 11.9 Å². The molecule has 0 spiro atoms. The Morgan fingerprint density at radius 2 is 1.39 bits per heavy atom. The molecule has 0 atom stereocenters. The first-order valence-electron chi connectivity index (χ1n) is 10.4. The van der Waals surface area contributed by atoms with Crippen LogP contribution in [0.5, 0.6) is 18.0 Å². The molecule has 0 fully saturated rings. The smallest absolute Gasteiger partial charge is 0.347 e. The van der Waals surface area contributed by atoms with Crippen molar-refractivity contribution in [2.75, 3.05) is 23.9 Å². The van der Waals surface area contributed by atoms with E-state index in [9.17, 15) is 14.4 Å². The molecular formula is C21H16N10O6S. The summed E-state index contributed by atoms with van der Waals surface area (Å²) in [6.07, 6.45) is 5.61. The molecule has 0 saturated heterocycles. The molecule has 0 aliphatic carbocycles. The topological polar surface area (TPSA) is 220 Å². The summed E-state index contributed by atoms with van der Waals surface area (Å²) in [6.45, 7) is 0. The van der Waals surface area contributed by atoms with Crippen molar-refractivity contribution in [3.05, 3.63) is 60.2 Å². The van der Waals surface area contributed by atoms with E-state index in [1.54, 1.807) is 19.2 Å². The summed E-state index contributed by atoms with van der Waals surface area (Å²) in [5.41, 5.74) is 5.94. The van der Waals surface area contributed by atoms with Crippen molar-refractivity contribution in [1.82, 2.24) is 39.9 Å². The van der Waals surface area contributed by atoms with Gasteiger partial charge in [-0.25, -0.2) is 9.59 Å². The average molecular weight is 536 g/mol. The molecule has 17 heteroatoms. The second-order valence-electron chi connectivity index (χ2n) is 6.76. The Balaban J connectivity index is 1.38. The SMILES string of the molecule is CNc1nc(OC(=O)c2cccnc2)nc(SCC(=O)Oc2nc(N)nc(OC(=O)c3cccnc3)n2)n1. The second-order valence-corrected chi connectivity index (χ2v) is 7.70. The molecule has 3 N–H and O–H groups in total. The first kappa shape index (κ1) is 25.8. The number of hydrogen-bond acceptors (Lipinski definition) is 17. The van der Waals surface area contributed by atoms with Crippen molar-refractivity contribution >= 4 is 41.6 Å². The van der Waals surface area contributed by atoms with Crippen LogP contribution < -0.4 is 25.3 Å². The van der Waals surface area contributed by atoms with Crippen molar-refractivity contribution in [3.63, 3.8) is 0 Å². The molecule has 0 aliphatic heterocycles. The Morgan fingerprint density at radius 3 is 1.95 bits per heavy atom. The monoisotopic (exact) mass is 536 g/mol. The Bertz CT molecular complexity index is 1460. The van der Waals surface area contributed by atoms with Crippen LogP contribution in [0.3, 0.4) is 0 Å². The Kier molecular flexibility index (Phi) is 8.19. The predicted octanol–water partition coefficient (Wildman–Crippen LogP) is 0.607. The molecule has 0 saturated carbocycles. The average Bonchev–Trinajstić information content (AvgIpc) is 2.92. The fourth-order valence-corrected chi connectivity index (χ4v) is 3.11. The normalized spacial score (nSPS) is 10.3. The van der Waals surface area contributed by atoms with Crippen LogP contribution in [0, 0.1) is 0 Å². The molecule has 0 aliphatic rings. The van der Waals surface area contributed by atoms with Gasteiger partial charge in [-0.3, -0.25) is 14.8 Å². The number of nitrogen functional groups attached to an aromatic ring is 1. The lowest BCUT2D eigenvalue weighted by Crippen LogP contribution is -2.17. The number of anilines is 2. The third-order valence-corrected chi connectivity index (χ3v) is 4.94. The molecule has 0 amide bonds. The van der Waals surface area contributed by atoms with Gasteiger partial charge in [0, 0.05) is 31.8 Å². The first-order chi connectivity index (χ1) is 18.4. The van der Waals surface area contributed by atoms with Gasteiger partial charge in [-0.15, -0.1) is 4.98 Å². The summed E-state index contributed by atoms with van der Waals surface area (Å²) in [4.78, 5) is 67.7. The molecule has 0 unspecified atom stereocenters. The second kappa shape index (κ2) is 12.1. The maximum absolute atomic E-state index is 12.4. The summed E-state index contributed by atoms with van der Waals surface area (Å²) in [6, 6.07) is 4.85. The lowest BCUT2D eigenvalue weighted by atomic mass is 10.3. The summed E-state index contributed by atoms with van der Waals surface area (Å²) in [7, 11) is 1.55. The van der Waals surface area contributed by atoms with Gasteiger partial charge >= 0.3 is 35.9 Å². The standard InChI is InChI=1S/C21H16N10O6S/c1-23-17-28-20(37-15(34)12-5-3-7-25-9-12)31-21(29-17)38-10-13(32)35-18-26-16(22)27-19(30-18)36-14(33)11-4-2-6-24-8-11/h2-9H,10H2,1H3,(H2,22,26,27,30)(H,23,28,29,31). The number of hydrogen-bond donors (Lipinski definition) is 2. The number of nitrogens with zero attached hydrogens (tertiary/aromatic N) is 8. The minimum absolute atomic E-state index is 0.0523. The molecule has 16 nitrogen and oxygen atoms in total. The molecule has 192 valence electrons. The zero-order valence-corrected chi connectivity index (χ0v) is 20.2. The van der Waals surface area contributed by atoms with Crippen molar-refractivity contribution in [3.8, 4) is 18.0 Å². The highest BCUT2D eigenvalue weighted by Crippen LogP contribution is 2.19. The van der Waals surface area contributed by atoms with Gasteiger partial charge in [0.1, 0.15) is 0 Å². The zero-order valence-electron chi connectivity index (χ0n) is 19.3. The van der Waals surface area contributed by atoms with E-state index in [2.05, 4.69) is 45.2 Å². The highest BCUT2D eigenvalue weighted by molar-refractivity contribution is 7.99. The van der Waals surface area contributed by atoms with E-state index < -0.39 is 29.9 Å². The number of carbonyl (C=O) groups excluding carboxylic acids is 3. The molecule has 4 rings (SSSR count). The fraction of sp³-hybridized carbons (Fsp3) is 0.0952. The Hall–Kier alpha value is -5.32. The molecule has 4 aromatic heterocycles. The molecule has 0 radical (unpaired) electrons. The molecule has 4 aromatic rings. The molecule has 0 bridgehead atoms. The van der Waals surface area contributed by atoms with Gasteiger partial charge in [-0.2, -0.15) is 24.9 Å². The number of aromatic nitrogens is 8. The molecular weight excluding hydrogens is 520 g/mol. The van der Waals surface area contributed by atoms with Crippen LogP contribution >= 0.6 is 11.8 Å². The van der Waals surface area contributed by atoms with Gasteiger partial charge in [0.25, 0.3) is 0 Å². The van der Waals surface area contributed by atoms with E-state index in [4.69, 9.17) is 19.9 Å². The van der Waals surface area contributed by atoms with Crippen LogP contribution in [0.1, 0.15) is 20.7 Å². The highest BCUT2D eigenvalue weighted by atomic mass is 32.2. The van der Waals surface area contributed by atoms with E-state index >= 15 is 0 Å². The van der Waals surface area contributed by atoms with Gasteiger partial charge in [0.05, 0.1) is 16.9 Å². The van der Waals surface area contributed by atoms with E-state index in [1.807, 2.05) is 0 Å². The lowest BCUT2D eigenvalue weighted by Gasteiger charge is -2.07. The Morgan fingerprint density at radius 1 is 0.816 bits per heavy atom. The number of rotatable bonds is 9. The zero-order chi connectivity index (χ0) is 26.9. The number of pyridine rings is 2. The summed E-state index contributed by atoms with van der Waals surface area (Å²) in [5.74, 6) is -2.90. The lowest BCUT2D eigenvalue weighted by molar-refractivity contribution is -0.131. The van der Waals surface area contributed by atoms with Crippen LogP contribution in [0.15, 0.2) is 54.2 Å². The summed E-state index contributed by atoms with van der Waals surface area (Å²) in [5, 5.41) is 2.76. The quantitative estimate of drug-likeness (QED) is 0.221. The van der Waals surface area contributed by atoms with Crippen LogP contribution in [-0.2, 0) is 4.79 Å². The fourth-order valence-electron chi connectivity index (χ4n) is 2.51. The van der Waals surface area contributed by atoms with Crippen LogP contribution in [0.4, 0.5) is 11.9 Å². The van der Waals surface area contributed by atoms with Crippen molar-refractivity contribution in [2.45, 2.75) is 5.16 Å². The number of esters is 3. The maximum atomic E-state index is 12.4. The minimum Gasteiger partial charge on any atom is -0.390 e. The number of thioether (sulfide) groups is 1. The number of carbonyl (C=O) groups is 3. The van der Waals surface area contributed by atoms with Crippen molar-refractivity contribution in [1.29, 1.82) is 0 Å². The highest BCUT2D eigenvalue weighted by Gasteiger charge is 2.18. The number of nitrogens with two attached hydrogens (primary N) is 1. The largest absolute Gasteiger partial charge is 0.390 e. The first-order valence-corrected chi connectivity index (χ1v) is 11.4. The summed E-state index contributed by atoms with van der Waals surface area (Å²) < 4.78 is 15.3. The van der Waals surface area contributed by atoms with E-state index in [1.165, 1.54) is 36.9 Å². The van der Waals surface area contributed by atoms with E-state index in [0.717, 1.165) is 11.8 Å². The summed E-state index contributed by atoms with van der Waals surface area (Å²) >= 11 is 0.856. The van der Waals surface area contributed by atoms with Gasteiger partial charge in [-0.1, -0.05) is 11.8 Å². The van der Waals surface area contributed by atoms with Crippen LogP contribution in [0.25, 0.3) is 0 Å². The predicted molar refractivity (Wildman–Crippen MR) is 128 cm³/mol. The molecule has 4 heterocycles. The van der Waals surface area contributed by atoms with Crippen molar-refractivity contribution < 1.29 is 28.6 Å². The van der Waals surface area contributed by atoms with Gasteiger partial charge in [0.15, 0.2) is 5.16 Å². The van der Waals surface area contributed by atoms with E-state index in [0.29, 0.717) is 0 Å². The third-order valence-electron chi connectivity index (χ3n) is 4.12. The van der Waals surface area contributed by atoms with Gasteiger partial charge < -0.3 is 25.3 Å². The third kappa shape index (κ3) is 7.10.